The zero-order chi connectivity index (χ0) is 18.1. The van der Waals surface area contributed by atoms with E-state index in [2.05, 4.69) is 23.1 Å². The van der Waals surface area contributed by atoms with E-state index in [1.165, 1.54) is 0 Å². The van der Waals surface area contributed by atoms with Crippen molar-refractivity contribution in [3.8, 4) is 0 Å². The highest BCUT2D eigenvalue weighted by atomic mass is 16.2. The van der Waals surface area contributed by atoms with Crippen molar-refractivity contribution in [3.63, 3.8) is 0 Å². The normalized spacial score (nSPS) is 17.6. The summed E-state index contributed by atoms with van der Waals surface area (Å²) in [7, 11) is 0. The van der Waals surface area contributed by atoms with Crippen molar-refractivity contribution in [2.45, 2.75) is 45.7 Å². The van der Waals surface area contributed by atoms with E-state index >= 15 is 0 Å². The maximum Gasteiger partial charge on any atom is 0.256 e. The summed E-state index contributed by atoms with van der Waals surface area (Å²) < 4.78 is 2.03. The largest absolute Gasteiger partial charge is 0.334 e. The van der Waals surface area contributed by atoms with Crippen molar-refractivity contribution in [1.82, 2.24) is 19.7 Å². The first-order valence-corrected chi connectivity index (χ1v) is 9.29. The third kappa shape index (κ3) is 3.09. The van der Waals surface area contributed by atoms with Gasteiger partial charge in [0.2, 0.25) is 0 Å². The molecule has 0 bridgehead atoms. The van der Waals surface area contributed by atoms with Crippen LogP contribution in [-0.4, -0.2) is 38.2 Å². The fraction of sp³-hybridized carbons (Fsp3) is 0.381. The van der Waals surface area contributed by atoms with Gasteiger partial charge in [0.05, 0.1) is 29.4 Å². The number of likely N-dealkylation sites (tertiary alicyclic amines) is 1. The molecule has 5 heteroatoms. The van der Waals surface area contributed by atoms with Crippen LogP contribution in [0.1, 0.15) is 41.0 Å². The number of piperidine rings is 1. The van der Waals surface area contributed by atoms with E-state index in [4.69, 9.17) is 0 Å². The molecule has 1 atom stereocenters. The van der Waals surface area contributed by atoms with Crippen LogP contribution in [0.2, 0.25) is 0 Å². The van der Waals surface area contributed by atoms with Gasteiger partial charge in [-0.15, -0.1) is 0 Å². The van der Waals surface area contributed by atoms with Crippen LogP contribution in [0.5, 0.6) is 0 Å². The lowest BCUT2D eigenvalue weighted by atomic mass is 9.99. The van der Waals surface area contributed by atoms with E-state index < -0.39 is 0 Å². The second kappa shape index (κ2) is 6.90. The topological polar surface area (TPSA) is 51.0 Å². The van der Waals surface area contributed by atoms with Crippen LogP contribution in [0.4, 0.5) is 0 Å². The first-order chi connectivity index (χ1) is 12.6. The van der Waals surface area contributed by atoms with E-state index in [1.807, 2.05) is 46.8 Å². The average Bonchev–Trinajstić information content (AvgIpc) is 2.98. The number of nitrogens with zero attached hydrogens (tertiary/aromatic N) is 4. The summed E-state index contributed by atoms with van der Waals surface area (Å²) in [4.78, 5) is 19.9. The molecule has 1 aliphatic heterocycles. The van der Waals surface area contributed by atoms with Crippen LogP contribution in [0.3, 0.4) is 0 Å². The van der Waals surface area contributed by atoms with E-state index in [1.54, 1.807) is 6.20 Å². The minimum Gasteiger partial charge on any atom is -0.334 e. The number of fused-ring (bicyclic) bond motifs is 1. The van der Waals surface area contributed by atoms with Crippen LogP contribution in [0.15, 0.2) is 42.6 Å². The number of amides is 1. The molecule has 0 radical (unpaired) electrons. The van der Waals surface area contributed by atoms with Gasteiger partial charge in [0.25, 0.3) is 5.91 Å². The molecule has 0 aliphatic carbocycles. The van der Waals surface area contributed by atoms with Crippen molar-refractivity contribution in [1.29, 1.82) is 0 Å². The minimum absolute atomic E-state index is 0.0838. The van der Waals surface area contributed by atoms with Crippen LogP contribution in [0.25, 0.3) is 10.9 Å². The molecule has 4 rings (SSSR count). The highest BCUT2D eigenvalue weighted by Crippen LogP contribution is 2.24. The van der Waals surface area contributed by atoms with Gasteiger partial charge >= 0.3 is 0 Å². The molecule has 1 saturated heterocycles. The van der Waals surface area contributed by atoms with Gasteiger partial charge < -0.3 is 4.90 Å². The molecule has 0 saturated carbocycles. The maximum atomic E-state index is 13.4. The van der Waals surface area contributed by atoms with Crippen LogP contribution >= 0.6 is 0 Å². The van der Waals surface area contributed by atoms with Gasteiger partial charge in [-0.05, 0) is 51.3 Å². The molecule has 0 N–H and O–H groups in total. The Balaban J connectivity index is 1.65. The number of pyridine rings is 1. The third-order valence-electron chi connectivity index (χ3n) is 5.24. The standard InChI is InChI=1S/C21H24N4O/c1-15-13-16(2)25(23-15)14-18-9-3-4-12-24(18)21(26)19-10-5-7-17-8-6-11-22-20(17)19/h5-8,10-11,13,18H,3-4,9,12,14H2,1-2H3/t18-/m0/s1. The average molecular weight is 348 g/mol. The molecule has 1 aliphatic rings. The number of carbonyl (C=O) groups is 1. The van der Waals surface area contributed by atoms with Crippen LogP contribution in [0, 0.1) is 13.8 Å². The van der Waals surface area contributed by atoms with Gasteiger partial charge in [0, 0.05) is 23.8 Å². The molecule has 5 nitrogen and oxygen atoms in total. The van der Waals surface area contributed by atoms with Crippen molar-refractivity contribution >= 4 is 16.8 Å². The predicted molar refractivity (Wildman–Crippen MR) is 102 cm³/mol. The Hall–Kier alpha value is -2.69. The monoisotopic (exact) mass is 348 g/mol. The molecule has 3 aromatic rings. The van der Waals surface area contributed by atoms with Gasteiger partial charge in [-0.1, -0.05) is 18.2 Å². The Labute approximate surface area is 153 Å². The van der Waals surface area contributed by atoms with Crippen molar-refractivity contribution in [2.24, 2.45) is 0 Å². The summed E-state index contributed by atoms with van der Waals surface area (Å²) in [6, 6.07) is 12.0. The summed E-state index contributed by atoms with van der Waals surface area (Å²) in [6.07, 6.45) is 4.98. The van der Waals surface area contributed by atoms with E-state index in [9.17, 15) is 4.79 Å². The zero-order valence-corrected chi connectivity index (χ0v) is 15.4. The number of hydrogen-bond acceptors (Lipinski definition) is 3. The molecule has 0 unspecified atom stereocenters. The lowest BCUT2D eigenvalue weighted by Crippen LogP contribution is -2.46. The highest BCUT2D eigenvalue weighted by molar-refractivity contribution is 6.05. The minimum atomic E-state index is 0.0838. The molecule has 26 heavy (non-hydrogen) atoms. The number of hydrogen-bond donors (Lipinski definition) is 0. The van der Waals surface area contributed by atoms with Crippen molar-refractivity contribution in [2.75, 3.05) is 6.54 Å². The van der Waals surface area contributed by atoms with Gasteiger partial charge in [-0.2, -0.15) is 5.10 Å². The van der Waals surface area contributed by atoms with Crippen LogP contribution in [-0.2, 0) is 6.54 Å². The van der Waals surface area contributed by atoms with Gasteiger partial charge in [0.1, 0.15) is 0 Å². The van der Waals surface area contributed by atoms with Crippen molar-refractivity contribution < 1.29 is 4.79 Å². The Morgan fingerprint density at radius 3 is 2.85 bits per heavy atom. The molecule has 3 heterocycles. The summed E-state index contributed by atoms with van der Waals surface area (Å²) in [5.74, 6) is 0.0838. The van der Waals surface area contributed by atoms with Gasteiger partial charge in [-0.3, -0.25) is 14.5 Å². The molecule has 2 aromatic heterocycles. The number of benzene rings is 1. The van der Waals surface area contributed by atoms with Gasteiger partial charge in [0.15, 0.2) is 0 Å². The smallest absolute Gasteiger partial charge is 0.256 e. The summed E-state index contributed by atoms with van der Waals surface area (Å²) in [5.41, 5.74) is 3.65. The molecule has 1 aromatic carbocycles. The Kier molecular flexibility index (Phi) is 4.45. The molecule has 0 spiro atoms. The summed E-state index contributed by atoms with van der Waals surface area (Å²) >= 11 is 0. The first kappa shape index (κ1) is 16.8. The lowest BCUT2D eigenvalue weighted by Gasteiger charge is -2.36. The fourth-order valence-electron chi connectivity index (χ4n) is 3.95. The molecular weight excluding hydrogens is 324 g/mol. The zero-order valence-electron chi connectivity index (χ0n) is 15.4. The molecule has 134 valence electrons. The summed E-state index contributed by atoms with van der Waals surface area (Å²) in [5, 5.41) is 5.59. The quantitative estimate of drug-likeness (QED) is 0.724. The molecular formula is C21H24N4O. The predicted octanol–water partition coefficient (Wildman–Crippen LogP) is 3.74. The second-order valence-corrected chi connectivity index (χ2v) is 7.14. The lowest BCUT2D eigenvalue weighted by molar-refractivity contribution is 0.0584. The van der Waals surface area contributed by atoms with E-state index in [0.29, 0.717) is 5.56 Å². The number of aryl methyl sites for hydroxylation is 2. The summed E-state index contributed by atoms with van der Waals surface area (Å²) in [6.45, 7) is 5.63. The first-order valence-electron chi connectivity index (χ1n) is 9.29. The maximum absolute atomic E-state index is 13.4. The van der Waals surface area contributed by atoms with Crippen LogP contribution < -0.4 is 0 Å². The Morgan fingerprint density at radius 2 is 2.04 bits per heavy atom. The number of rotatable bonds is 3. The second-order valence-electron chi connectivity index (χ2n) is 7.14. The van der Waals surface area contributed by atoms with Gasteiger partial charge in [-0.25, -0.2) is 0 Å². The van der Waals surface area contributed by atoms with Crippen molar-refractivity contribution in [3.05, 3.63) is 59.5 Å². The number of para-hydroxylation sites is 1. The molecule has 1 amide bonds. The fourth-order valence-corrected chi connectivity index (χ4v) is 3.95. The number of aromatic nitrogens is 3. The molecule has 1 fully saturated rings. The Bertz CT molecular complexity index is 941. The third-order valence-corrected chi connectivity index (χ3v) is 5.24. The number of carbonyl (C=O) groups excluding carboxylic acids is 1. The van der Waals surface area contributed by atoms with E-state index in [-0.39, 0.29) is 11.9 Å². The Morgan fingerprint density at radius 1 is 1.19 bits per heavy atom. The van der Waals surface area contributed by atoms with E-state index in [0.717, 1.165) is 54.6 Å². The SMILES string of the molecule is Cc1cc(C)n(C[C@@H]2CCCCN2C(=O)c2cccc3cccnc23)n1. The highest BCUT2D eigenvalue weighted by Gasteiger charge is 2.29.